The number of nitrogens with one attached hydrogen (secondary N) is 2. The summed E-state index contributed by atoms with van der Waals surface area (Å²) in [5.74, 6) is -1.84. The van der Waals surface area contributed by atoms with E-state index >= 15 is 0 Å². The topological polar surface area (TPSA) is 41.1 Å². The molecule has 1 unspecified atom stereocenters. The maximum atomic E-state index is 13.5. The van der Waals surface area contributed by atoms with E-state index in [4.69, 9.17) is 0 Å². The molecule has 2 N–H and O–H groups in total. The lowest BCUT2D eigenvalue weighted by Gasteiger charge is -2.16. The Morgan fingerprint density at radius 2 is 1.62 bits per heavy atom. The minimum absolute atomic E-state index is 0.302. The highest BCUT2D eigenvalue weighted by atomic mass is 19.1. The highest BCUT2D eigenvalue weighted by Gasteiger charge is 2.17. The average molecular weight is 290 g/mol. The van der Waals surface area contributed by atoms with Gasteiger partial charge in [0.2, 0.25) is 5.91 Å². The van der Waals surface area contributed by atoms with E-state index in [9.17, 15) is 13.6 Å². The zero-order valence-corrected chi connectivity index (χ0v) is 11.8. The molecule has 5 heteroatoms. The largest absolute Gasteiger partial charge is 0.369 e. The van der Waals surface area contributed by atoms with Gasteiger partial charge in [0.15, 0.2) is 0 Å². The Labute approximate surface area is 122 Å². The molecule has 0 saturated heterocycles. The summed E-state index contributed by atoms with van der Waals surface area (Å²) in [7, 11) is 0. The van der Waals surface area contributed by atoms with Crippen molar-refractivity contribution in [2.45, 2.75) is 19.9 Å². The third-order valence-electron chi connectivity index (χ3n) is 3.04. The third kappa shape index (κ3) is 3.78. The number of halogens is 2. The number of hydrogen-bond donors (Lipinski definition) is 2. The molecule has 2 rings (SSSR count). The first-order chi connectivity index (χ1) is 9.97. The van der Waals surface area contributed by atoms with Crippen molar-refractivity contribution >= 4 is 17.3 Å². The van der Waals surface area contributed by atoms with Gasteiger partial charge in [-0.1, -0.05) is 23.8 Å². The molecular weight excluding hydrogens is 274 g/mol. The Morgan fingerprint density at radius 3 is 2.19 bits per heavy atom. The molecule has 1 amide bonds. The van der Waals surface area contributed by atoms with E-state index in [0.717, 1.165) is 17.7 Å². The highest BCUT2D eigenvalue weighted by Crippen LogP contribution is 2.19. The van der Waals surface area contributed by atoms with E-state index in [1.807, 2.05) is 19.1 Å². The Hall–Kier alpha value is -2.43. The second kappa shape index (κ2) is 6.35. The van der Waals surface area contributed by atoms with Crippen molar-refractivity contribution in [3.63, 3.8) is 0 Å². The predicted molar refractivity (Wildman–Crippen MR) is 79.3 cm³/mol. The van der Waals surface area contributed by atoms with Crippen molar-refractivity contribution < 1.29 is 13.6 Å². The molecule has 0 aliphatic carbocycles. The van der Waals surface area contributed by atoms with Crippen LogP contribution < -0.4 is 10.6 Å². The average Bonchev–Trinajstić information content (AvgIpc) is 2.45. The summed E-state index contributed by atoms with van der Waals surface area (Å²) < 4.78 is 27.0. The molecule has 0 aliphatic heterocycles. The smallest absolute Gasteiger partial charge is 0.246 e. The molecule has 0 bridgehead atoms. The lowest BCUT2D eigenvalue weighted by Crippen LogP contribution is -2.32. The molecule has 0 aromatic heterocycles. The van der Waals surface area contributed by atoms with Crippen LogP contribution in [0.3, 0.4) is 0 Å². The number of rotatable bonds is 4. The second-order valence-electron chi connectivity index (χ2n) is 4.82. The third-order valence-corrected chi connectivity index (χ3v) is 3.04. The molecule has 1 atom stereocenters. The molecule has 21 heavy (non-hydrogen) atoms. The SMILES string of the molecule is Cc1ccc(NC(=O)C(C)Nc2c(F)cccc2F)cc1. The highest BCUT2D eigenvalue weighted by molar-refractivity contribution is 5.96. The van der Waals surface area contributed by atoms with Gasteiger partial charge in [-0.15, -0.1) is 0 Å². The fraction of sp³-hybridized carbons (Fsp3) is 0.188. The van der Waals surface area contributed by atoms with Crippen molar-refractivity contribution in [3.05, 3.63) is 59.7 Å². The van der Waals surface area contributed by atoms with Gasteiger partial charge in [0.25, 0.3) is 0 Å². The Balaban J connectivity index is 2.04. The number of carbonyl (C=O) groups is 1. The van der Waals surface area contributed by atoms with Crippen molar-refractivity contribution in [1.29, 1.82) is 0 Å². The van der Waals surface area contributed by atoms with Crippen LogP contribution in [-0.4, -0.2) is 11.9 Å². The van der Waals surface area contributed by atoms with Crippen LogP contribution in [0.5, 0.6) is 0 Å². The monoisotopic (exact) mass is 290 g/mol. The van der Waals surface area contributed by atoms with Crippen molar-refractivity contribution in [3.8, 4) is 0 Å². The van der Waals surface area contributed by atoms with Gasteiger partial charge in [-0.2, -0.15) is 0 Å². The Bertz CT molecular complexity index is 621. The van der Waals surface area contributed by atoms with Crippen molar-refractivity contribution in [1.82, 2.24) is 0 Å². The lowest BCUT2D eigenvalue weighted by atomic mass is 10.2. The first-order valence-corrected chi connectivity index (χ1v) is 6.55. The zero-order chi connectivity index (χ0) is 15.4. The summed E-state index contributed by atoms with van der Waals surface area (Å²) in [5.41, 5.74) is 1.41. The van der Waals surface area contributed by atoms with Crippen LogP contribution in [0.2, 0.25) is 0 Å². The number of carbonyl (C=O) groups excluding carboxylic acids is 1. The summed E-state index contributed by atoms with van der Waals surface area (Å²) in [4.78, 5) is 12.0. The maximum Gasteiger partial charge on any atom is 0.246 e. The first-order valence-electron chi connectivity index (χ1n) is 6.55. The van der Waals surface area contributed by atoms with Gasteiger partial charge in [-0.05, 0) is 38.1 Å². The molecule has 0 heterocycles. The molecule has 0 aliphatic rings. The van der Waals surface area contributed by atoms with Crippen LogP contribution in [0.4, 0.5) is 20.2 Å². The van der Waals surface area contributed by atoms with Gasteiger partial charge in [0.05, 0.1) is 0 Å². The minimum atomic E-state index is -0.780. The predicted octanol–water partition coefficient (Wildman–Crippen LogP) is 3.71. The van der Waals surface area contributed by atoms with Gasteiger partial charge in [0.1, 0.15) is 23.4 Å². The second-order valence-corrected chi connectivity index (χ2v) is 4.82. The molecule has 2 aromatic carbocycles. The Kier molecular flexibility index (Phi) is 4.52. The first kappa shape index (κ1) is 15.0. The fourth-order valence-electron chi connectivity index (χ4n) is 1.81. The molecule has 0 fully saturated rings. The van der Waals surface area contributed by atoms with Crippen LogP contribution in [0, 0.1) is 18.6 Å². The van der Waals surface area contributed by atoms with Gasteiger partial charge >= 0.3 is 0 Å². The molecule has 3 nitrogen and oxygen atoms in total. The summed E-state index contributed by atoms with van der Waals surface area (Å²) in [5, 5.41) is 5.23. The van der Waals surface area contributed by atoms with Crippen LogP contribution in [0.25, 0.3) is 0 Å². The Morgan fingerprint density at radius 1 is 1.05 bits per heavy atom. The summed E-state index contributed by atoms with van der Waals surface area (Å²) in [6.07, 6.45) is 0. The molecule has 0 saturated carbocycles. The zero-order valence-electron chi connectivity index (χ0n) is 11.8. The number of aryl methyl sites for hydroxylation is 1. The van der Waals surface area contributed by atoms with E-state index in [1.165, 1.54) is 13.0 Å². The van der Waals surface area contributed by atoms with Gasteiger partial charge in [-0.3, -0.25) is 4.79 Å². The minimum Gasteiger partial charge on any atom is -0.369 e. The molecule has 0 spiro atoms. The number of hydrogen-bond acceptors (Lipinski definition) is 2. The molecular formula is C16H16F2N2O. The van der Waals surface area contributed by atoms with E-state index in [-0.39, 0.29) is 11.6 Å². The summed E-state index contributed by atoms with van der Waals surface area (Å²) >= 11 is 0. The number of para-hydroxylation sites is 1. The van der Waals surface area contributed by atoms with Gasteiger partial charge in [-0.25, -0.2) is 8.78 Å². The normalized spacial score (nSPS) is 11.8. The molecule has 2 aromatic rings. The van der Waals surface area contributed by atoms with E-state index < -0.39 is 17.7 Å². The fourth-order valence-corrected chi connectivity index (χ4v) is 1.81. The van der Waals surface area contributed by atoms with Crippen molar-refractivity contribution in [2.24, 2.45) is 0 Å². The van der Waals surface area contributed by atoms with E-state index in [1.54, 1.807) is 12.1 Å². The van der Waals surface area contributed by atoms with Crippen LogP contribution in [0.15, 0.2) is 42.5 Å². The van der Waals surface area contributed by atoms with Gasteiger partial charge < -0.3 is 10.6 Å². The van der Waals surface area contributed by atoms with E-state index in [0.29, 0.717) is 5.69 Å². The van der Waals surface area contributed by atoms with Crippen LogP contribution in [-0.2, 0) is 4.79 Å². The lowest BCUT2D eigenvalue weighted by molar-refractivity contribution is -0.116. The van der Waals surface area contributed by atoms with Crippen LogP contribution >= 0.6 is 0 Å². The summed E-state index contributed by atoms with van der Waals surface area (Å²) in [6, 6.07) is 10.0. The van der Waals surface area contributed by atoms with Crippen molar-refractivity contribution in [2.75, 3.05) is 10.6 Å². The van der Waals surface area contributed by atoms with E-state index in [2.05, 4.69) is 10.6 Å². The quantitative estimate of drug-likeness (QED) is 0.901. The van der Waals surface area contributed by atoms with Gasteiger partial charge in [0, 0.05) is 5.69 Å². The number of anilines is 2. The molecule has 110 valence electrons. The van der Waals surface area contributed by atoms with Crippen LogP contribution in [0.1, 0.15) is 12.5 Å². The summed E-state index contributed by atoms with van der Waals surface area (Å²) in [6.45, 7) is 3.48. The standard InChI is InChI=1S/C16H16F2N2O/c1-10-6-8-12(9-7-10)20-16(21)11(2)19-15-13(17)4-3-5-14(15)18/h3-9,11,19H,1-2H3,(H,20,21). The maximum absolute atomic E-state index is 13.5. The number of amides is 1. The number of benzene rings is 2. The molecule has 0 radical (unpaired) electrons.